The van der Waals surface area contributed by atoms with Gasteiger partial charge in [0.05, 0.1) is 25.3 Å². The average Bonchev–Trinajstić information content (AvgIpc) is 3.03. The SMILES string of the molecule is O=C(Nc1ccc2c(c1)OCCCO2)c1ccc(Cn2nnc3ccccc32)cc1. The first-order chi connectivity index (χ1) is 14.8. The highest BCUT2D eigenvalue weighted by Crippen LogP contribution is 2.32. The van der Waals surface area contributed by atoms with Crippen molar-refractivity contribution in [3.05, 3.63) is 77.9 Å². The number of carbonyl (C=O) groups is 1. The third kappa shape index (κ3) is 3.69. The van der Waals surface area contributed by atoms with E-state index in [-0.39, 0.29) is 5.91 Å². The second-order valence-electron chi connectivity index (χ2n) is 7.10. The van der Waals surface area contributed by atoms with Crippen LogP contribution in [0.5, 0.6) is 11.5 Å². The van der Waals surface area contributed by atoms with Crippen molar-refractivity contribution in [3.63, 3.8) is 0 Å². The maximum absolute atomic E-state index is 12.6. The lowest BCUT2D eigenvalue weighted by atomic mass is 10.1. The van der Waals surface area contributed by atoms with Gasteiger partial charge in [0, 0.05) is 23.7 Å². The van der Waals surface area contributed by atoms with E-state index < -0.39 is 0 Å². The molecule has 7 nitrogen and oxygen atoms in total. The van der Waals surface area contributed by atoms with E-state index in [1.807, 2.05) is 65.3 Å². The van der Waals surface area contributed by atoms with Crippen LogP contribution in [0.4, 0.5) is 5.69 Å². The van der Waals surface area contributed by atoms with Crippen LogP contribution in [0.1, 0.15) is 22.3 Å². The molecule has 4 aromatic rings. The van der Waals surface area contributed by atoms with E-state index in [2.05, 4.69) is 15.6 Å². The number of aromatic nitrogens is 3. The lowest BCUT2D eigenvalue weighted by Gasteiger charge is -2.11. The molecular weight excluding hydrogens is 380 g/mol. The number of anilines is 1. The fourth-order valence-electron chi connectivity index (χ4n) is 3.41. The molecule has 3 aromatic carbocycles. The number of para-hydroxylation sites is 1. The van der Waals surface area contributed by atoms with Crippen LogP contribution in [-0.2, 0) is 6.54 Å². The number of hydrogen-bond donors (Lipinski definition) is 1. The largest absolute Gasteiger partial charge is 0.490 e. The summed E-state index contributed by atoms with van der Waals surface area (Å²) in [4.78, 5) is 12.6. The third-order valence-electron chi connectivity index (χ3n) is 4.97. The smallest absolute Gasteiger partial charge is 0.255 e. The Bertz CT molecular complexity index is 1200. The lowest BCUT2D eigenvalue weighted by molar-refractivity contribution is 0.102. The van der Waals surface area contributed by atoms with Gasteiger partial charge in [0.1, 0.15) is 5.52 Å². The molecule has 0 fully saturated rings. The summed E-state index contributed by atoms with van der Waals surface area (Å²) >= 11 is 0. The zero-order valence-electron chi connectivity index (χ0n) is 16.2. The molecule has 150 valence electrons. The van der Waals surface area contributed by atoms with Crippen LogP contribution in [0, 0.1) is 0 Å². The second kappa shape index (κ2) is 7.87. The molecule has 1 aliphatic rings. The summed E-state index contributed by atoms with van der Waals surface area (Å²) in [7, 11) is 0. The predicted molar refractivity (Wildman–Crippen MR) is 113 cm³/mol. The van der Waals surface area contributed by atoms with Crippen molar-refractivity contribution in [2.24, 2.45) is 0 Å². The molecule has 7 heteroatoms. The van der Waals surface area contributed by atoms with E-state index in [4.69, 9.17) is 9.47 Å². The minimum atomic E-state index is -0.178. The van der Waals surface area contributed by atoms with Crippen LogP contribution < -0.4 is 14.8 Å². The van der Waals surface area contributed by atoms with Crippen LogP contribution in [0.3, 0.4) is 0 Å². The van der Waals surface area contributed by atoms with E-state index in [1.165, 1.54) is 0 Å². The van der Waals surface area contributed by atoms with Gasteiger partial charge in [-0.1, -0.05) is 29.5 Å². The number of amides is 1. The van der Waals surface area contributed by atoms with Gasteiger partial charge in [0.15, 0.2) is 11.5 Å². The monoisotopic (exact) mass is 400 g/mol. The Labute approximate surface area is 173 Å². The molecule has 0 bridgehead atoms. The lowest BCUT2D eigenvalue weighted by Crippen LogP contribution is -2.12. The molecule has 2 heterocycles. The summed E-state index contributed by atoms with van der Waals surface area (Å²) in [5.74, 6) is 1.18. The van der Waals surface area contributed by atoms with E-state index in [9.17, 15) is 4.79 Å². The zero-order valence-corrected chi connectivity index (χ0v) is 16.2. The van der Waals surface area contributed by atoms with Crippen molar-refractivity contribution in [1.29, 1.82) is 0 Å². The van der Waals surface area contributed by atoms with Gasteiger partial charge in [-0.3, -0.25) is 4.79 Å². The highest BCUT2D eigenvalue weighted by Gasteiger charge is 2.13. The zero-order chi connectivity index (χ0) is 20.3. The summed E-state index contributed by atoms with van der Waals surface area (Å²) in [5.41, 5.74) is 4.13. The molecule has 0 aliphatic carbocycles. The number of carbonyl (C=O) groups excluding carboxylic acids is 1. The standard InChI is InChI=1S/C23H20N4O3/c28-23(24-18-10-11-21-22(14-18)30-13-3-12-29-21)17-8-6-16(7-9-17)15-27-20-5-2-1-4-19(20)25-26-27/h1-2,4-11,14H,3,12-13,15H2,(H,24,28). The molecular formula is C23H20N4O3. The molecule has 1 aromatic heterocycles. The number of ether oxygens (including phenoxy) is 2. The Kier molecular flexibility index (Phi) is 4.77. The molecule has 5 rings (SSSR count). The van der Waals surface area contributed by atoms with Gasteiger partial charge < -0.3 is 14.8 Å². The van der Waals surface area contributed by atoms with Gasteiger partial charge in [-0.15, -0.1) is 5.10 Å². The topological polar surface area (TPSA) is 78.3 Å². The third-order valence-corrected chi connectivity index (χ3v) is 4.97. The van der Waals surface area contributed by atoms with Crippen LogP contribution in [0.15, 0.2) is 66.7 Å². The predicted octanol–water partition coefficient (Wildman–Crippen LogP) is 3.89. The molecule has 0 spiro atoms. The number of benzene rings is 3. The number of hydrogen-bond acceptors (Lipinski definition) is 5. The van der Waals surface area contributed by atoms with Crippen LogP contribution in [0.2, 0.25) is 0 Å². The Hall–Kier alpha value is -3.87. The minimum Gasteiger partial charge on any atom is -0.490 e. The van der Waals surface area contributed by atoms with Gasteiger partial charge in [0.25, 0.3) is 5.91 Å². The Balaban J connectivity index is 1.28. The van der Waals surface area contributed by atoms with E-state index >= 15 is 0 Å². The maximum atomic E-state index is 12.6. The number of rotatable bonds is 4. The summed E-state index contributed by atoms with van der Waals surface area (Å²) in [6.45, 7) is 1.83. The molecule has 0 saturated carbocycles. The first-order valence-electron chi connectivity index (χ1n) is 9.84. The highest BCUT2D eigenvalue weighted by molar-refractivity contribution is 6.04. The van der Waals surface area contributed by atoms with Crippen molar-refractivity contribution in [2.75, 3.05) is 18.5 Å². The average molecular weight is 400 g/mol. The highest BCUT2D eigenvalue weighted by atomic mass is 16.5. The molecule has 0 unspecified atom stereocenters. The van der Waals surface area contributed by atoms with Crippen molar-refractivity contribution >= 4 is 22.6 Å². The Morgan fingerprint density at radius 1 is 0.967 bits per heavy atom. The number of nitrogens with zero attached hydrogens (tertiary/aromatic N) is 3. The Morgan fingerprint density at radius 3 is 2.63 bits per heavy atom. The molecule has 0 saturated heterocycles. The fraction of sp³-hybridized carbons (Fsp3) is 0.174. The molecule has 0 radical (unpaired) electrons. The number of fused-ring (bicyclic) bond motifs is 2. The summed E-state index contributed by atoms with van der Waals surface area (Å²) < 4.78 is 13.2. The first kappa shape index (κ1) is 18.2. The molecule has 30 heavy (non-hydrogen) atoms. The van der Waals surface area contributed by atoms with E-state index in [0.717, 1.165) is 23.0 Å². The summed E-state index contributed by atoms with van der Waals surface area (Å²) in [6, 6.07) is 20.8. The van der Waals surface area contributed by atoms with Crippen molar-refractivity contribution in [3.8, 4) is 11.5 Å². The van der Waals surface area contributed by atoms with Crippen molar-refractivity contribution < 1.29 is 14.3 Å². The number of nitrogens with one attached hydrogen (secondary N) is 1. The molecule has 1 amide bonds. The Morgan fingerprint density at radius 2 is 1.77 bits per heavy atom. The molecule has 1 N–H and O–H groups in total. The fourth-order valence-corrected chi connectivity index (χ4v) is 3.41. The van der Waals surface area contributed by atoms with Gasteiger partial charge in [-0.2, -0.15) is 0 Å². The van der Waals surface area contributed by atoms with Crippen LogP contribution in [0.25, 0.3) is 11.0 Å². The van der Waals surface area contributed by atoms with Gasteiger partial charge in [-0.25, -0.2) is 4.68 Å². The van der Waals surface area contributed by atoms with E-state index in [1.54, 1.807) is 6.07 Å². The van der Waals surface area contributed by atoms with Crippen LogP contribution in [-0.4, -0.2) is 34.1 Å². The van der Waals surface area contributed by atoms with Crippen LogP contribution >= 0.6 is 0 Å². The van der Waals surface area contributed by atoms with Gasteiger partial charge in [-0.05, 0) is 42.0 Å². The maximum Gasteiger partial charge on any atom is 0.255 e. The van der Waals surface area contributed by atoms with Crippen molar-refractivity contribution in [2.45, 2.75) is 13.0 Å². The minimum absolute atomic E-state index is 0.178. The van der Waals surface area contributed by atoms with Crippen molar-refractivity contribution in [1.82, 2.24) is 15.0 Å². The molecule has 0 atom stereocenters. The second-order valence-corrected chi connectivity index (χ2v) is 7.10. The quantitative estimate of drug-likeness (QED) is 0.562. The van der Waals surface area contributed by atoms with Gasteiger partial charge in [0.2, 0.25) is 0 Å². The van der Waals surface area contributed by atoms with Gasteiger partial charge >= 0.3 is 0 Å². The normalized spacial score (nSPS) is 13.1. The first-order valence-corrected chi connectivity index (χ1v) is 9.84. The summed E-state index contributed by atoms with van der Waals surface area (Å²) in [5, 5.41) is 11.3. The molecule has 1 aliphatic heterocycles. The summed E-state index contributed by atoms with van der Waals surface area (Å²) in [6.07, 6.45) is 0.840. The van der Waals surface area contributed by atoms with E-state index in [0.29, 0.717) is 42.5 Å².